The van der Waals surface area contributed by atoms with Gasteiger partial charge in [-0.3, -0.25) is 4.79 Å². The Hall–Kier alpha value is -1.06. The zero-order valence-corrected chi connectivity index (χ0v) is 8.87. The summed E-state index contributed by atoms with van der Waals surface area (Å²) >= 11 is 5.98. The second-order valence-corrected chi connectivity index (χ2v) is 4.58. The molecule has 0 aromatic heterocycles. The van der Waals surface area contributed by atoms with E-state index in [0.717, 1.165) is 24.2 Å². The summed E-state index contributed by atoms with van der Waals surface area (Å²) in [5, 5.41) is 3.00. The van der Waals surface area contributed by atoms with Gasteiger partial charge in [0.05, 0.1) is 6.04 Å². The molecule has 1 amide bonds. The van der Waals surface area contributed by atoms with Crippen LogP contribution in [0.1, 0.15) is 21.8 Å². The quantitative estimate of drug-likeness (QED) is 0.673. The van der Waals surface area contributed by atoms with Crippen LogP contribution in [0.3, 0.4) is 0 Å². The van der Waals surface area contributed by atoms with Crippen LogP contribution in [0.25, 0.3) is 0 Å². The Morgan fingerprint density at radius 1 is 1.33 bits per heavy atom. The fourth-order valence-electron chi connectivity index (χ4n) is 2.49. The molecule has 1 N–H and O–H groups in total. The van der Waals surface area contributed by atoms with Crippen molar-refractivity contribution < 1.29 is 4.79 Å². The van der Waals surface area contributed by atoms with E-state index >= 15 is 0 Å². The highest BCUT2D eigenvalue weighted by Gasteiger charge is 2.39. The van der Waals surface area contributed by atoms with Crippen LogP contribution in [0.15, 0.2) is 24.3 Å². The molecule has 2 aliphatic rings. The van der Waals surface area contributed by atoms with E-state index in [1.54, 1.807) is 4.42 Å². The smallest absolute Gasteiger partial charge is 0.251 e. The van der Waals surface area contributed by atoms with E-state index in [1.165, 1.54) is 0 Å². The number of nitrogens with zero attached hydrogens (tertiary/aromatic N) is 1. The highest BCUT2D eigenvalue weighted by atomic mass is 35.5. The number of hydrogen-bond donors (Lipinski definition) is 1. The molecule has 0 bridgehead atoms. The maximum atomic E-state index is 11.8. The van der Waals surface area contributed by atoms with Crippen LogP contribution in [0.5, 0.6) is 0 Å². The second kappa shape index (κ2) is 3.22. The number of hydrogen-bond acceptors (Lipinski definition) is 2. The van der Waals surface area contributed by atoms with Gasteiger partial charge in [0.1, 0.15) is 0 Å². The predicted molar refractivity (Wildman–Crippen MR) is 57.9 cm³/mol. The molecule has 2 aliphatic heterocycles. The highest BCUT2D eigenvalue weighted by Crippen LogP contribution is 2.33. The van der Waals surface area contributed by atoms with E-state index in [2.05, 4.69) is 5.32 Å². The molecule has 2 atom stereocenters. The van der Waals surface area contributed by atoms with E-state index in [1.807, 2.05) is 24.3 Å². The topological polar surface area (TPSA) is 32.3 Å². The normalized spacial score (nSPS) is 29.5. The Morgan fingerprint density at radius 3 is 3.00 bits per heavy atom. The summed E-state index contributed by atoms with van der Waals surface area (Å²) in [6, 6.07) is 7.95. The summed E-state index contributed by atoms with van der Waals surface area (Å²) in [6.45, 7) is 1.54. The largest absolute Gasteiger partial charge is 0.347 e. The number of nitrogens with one attached hydrogen (secondary N) is 1. The molecule has 1 aromatic rings. The van der Waals surface area contributed by atoms with Gasteiger partial charge in [0.15, 0.2) is 0 Å². The fourth-order valence-corrected chi connectivity index (χ4v) is 2.79. The average molecular weight is 223 g/mol. The highest BCUT2D eigenvalue weighted by molar-refractivity contribution is 6.13. The molecule has 0 spiro atoms. The van der Waals surface area contributed by atoms with Crippen molar-refractivity contribution in [3.63, 3.8) is 0 Å². The first-order valence-corrected chi connectivity index (χ1v) is 5.40. The van der Waals surface area contributed by atoms with Crippen molar-refractivity contribution in [2.45, 2.75) is 12.0 Å². The average Bonchev–Trinajstić information content (AvgIpc) is 2.59. The molecule has 0 saturated carbocycles. The van der Waals surface area contributed by atoms with E-state index < -0.39 is 0 Å². The third-order valence-corrected chi connectivity index (χ3v) is 3.47. The van der Waals surface area contributed by atoms with E-state index in [4.69, 9.17) is 11.8 Å². The van der Waals surface area contributed by atoms with Gasteiger partial charge in [0.25, 0.3) is 5.91 Å². The summed E-state index contributed by atoms with van der Waals surface area (Å²) in [5.74, 6) is 0.371. The van der Waals surface area contributed by atoms with Crippen molar-refractivity contribution >= 4 is 17.7 Å². The van der Waals surface area contributed by atoms with Crippen molar-refractivity contribution in [1.82, 2.24) is 9.74 Å². The lowest BCUT2D eigenvalue weighted by Gasteiger charge is -2.27. The Balaban J connectivity index is 2.09. The van der Waals surface area contributed by atoms with Gasteiger partial charge in [0.2, 0.25) is 0 Å². The lowest BCUT2D eigenvalue weighted by molar-refractivity contribution is 0.0923. The van der Waals surface area contributed by atoms with Gasteiger partial charge in [-0.2, -0.15) is 0 Å². The zero-order valence-electron chi connectivity index (χ0n) is 8.11. The number of rotatable bonds is 0. The minimum atomic E-state index is 0.0267. The molecule has 78 valence electrons. The maximum absolute atomic E-state index is 11.8. The molecular formula is C11H11ClN2O. The van der Waals surface area contributed by atoms with Gasteiger partial charge >= 0.3 is 0 Å². The van der Waals surface area contributed by atoms with Crippen LogP contribution < -0.4 is 5.32 Å². The molecule has 4 heteroatoms. The number of fused-ring (bicyclic) bond motifs is 3. The van der Waals surface area contributed by atoms with Crippen LogP contribution in [0.2, 0.25) is 0 Å². The van der Waals surface area contributed by atoms with Crippen molar-refractivity contribution in [2.75, 3.05) is 13.1 Å². The third-order valence-electron chi connectivity index (χ3n) is 3.20. The molecule has 0 aliphatic carbocycles. The molecule has 2 heterocycles. The first-order valence-electron chi connectivity index (χ1n) is 5.06. The SMILES string of the molecule is O=C1N[C@@H]2CN(Cl)C[C@H]2c2ccccc21. The Bertz CT molecular complexity index is 421. The number of halogens is 1. The molecule has 1 saturated heterocycles. The van der Waals surface area contributed by atoms with Crippen LogP contribution in [0, 0.1) is 0 Å². The monoisotopic (exact) mass is 222 g/mol. The lowest BCUT2D eigenvalue weighted by atomic mass is 9.86. The molecule has 1 aromatic carbocycles. The predicted octanol–water partition coefficient (Wildman–Crippen LogP) is 1.35. The maximum Gasteiger partial charge on any atom is 0.251 e. The summed E-state index contributed by atoms with van der Waals surface area (Å²) in [4.78, 5) is 11.8. The zero-order chi connectivity index (χ0) is 10.4. The van der Waals surface area contributed by atoms with Gasteiger partial charge in [-0.1, -0.05) is 18.2 Å². The first-order chi connectivity index (χ1) is 7.25. The molecule has 15 heavy (non-hydrogen) atoms. The van der Waals surface area contributed by atoms with Crippen molar-refractivity contribution in [3.05, 3.63) is 35.4 Å². The summed E-state index contributed by atoms with van der Waals surface area (Å²) in [6.07, 6.45) is 0. The summed E-state index contributed by atoms with van der Waals surface area (Å²) in [5.41, 5.74) is 1.93. The van der Waals surface area contributed by atoms with Crippen molar-refractivity contribution in [3.8, 4) is 0 Å². The van der Waals surface area contributed by atoms with Crippen LogP contribution in [-0.4, -0.2) is 29.5 Å². The van der Waals surface area contributed by atoms with E-state index in [-0.39, 0.29) is 11.9 Å². The standard InChI is InChI=1S/C11H11ClN2O/c12-14-5-9-7-3-1-2-4-8(7)11(15)13-10(9)6-14/h1-4,9-10H,5-6H2,(H,13,15)/t9-,10+/m0/s1. The first kappa shape index (κ1) is 9.19. The van der Waals surface area contributed by atoms with Gasteiger partial charge in [0, 0.05) is 24.6 Å². The molecule has 0 radical (unpaired) electrons. The van der Waals surface area contributed by atoms with E-state index in [9.17, 15) is 4.79 Å². The molecule has 0 unspecified atom stereocenters. The summed E-state index contributed by atoms with van der Waals surface area (Å²) < 4.78 is 1.75. The van der Waals surface area contributed by atoms with Gasteiger partial charge in [-0.05, 0) is 23.4 Å². The minimum Gasteiger partial charge on any atom is -0.347 e. The van der Waals surface area contributed by atoms with Crippen LogP contribution in [-0.2, 0) is 0 Å². The van der Waals surface area contributed by atoms with Gasteiger partial charge in [-0.25, -0.2) is 4.42 Å². The van der Waals surface area contributed by atoms with Crippen LogP contribution >= 0.6 is 11.8 Å². The Morgan fingerprint density at radius 2 is 2.13 bits per heavy atom. The Labute approximate surface area is 93.1 Å². The fraction of sp³-hybridized carbons (Fsp3) is 0.364. The summed E-state index contributed by atoms with van der Waals surface area (Å²) in [7, 11) is 0. The number of benzene rings is 1. The van der Waals surface area contributed by atoms with E-state index in [0.29, 0.717) is 5.92 Å². The lowest BCUT2D eigenvalue weighted by Crippen LogP contribution is -2.44. The number of carbonyl (C=O) groups excluding carboxylic acids is 1. The van der Waals surface area contributed by atoms with Gasteiger partial charge < -0.3 is 5.32 Å². The molecule has 3 rings (SSSR count). The van der Waals surface area contributed by atoms with Crippen molar-refractivity contribution in [1.29, 1.82) is 0 Å². The minimum absolute atomic E-state index is 0.0267. The number of carbonyl (C=O) groups is 1. The third kappa shape index (κ3) is 1.34. The molecule has 3 nitrogen and oxygen atoms in total. The molecular weight excluding hydrogens is 212 g/mol. The Kier molecular flexibility index (Phi) is 1.97. The van der Waals surface area contributed by atoms with Crippen LogP contribution in [0.4, 0.5) is 0 Å². The van der Waals surface area contributed by atoms with Crippen molar-refractivity contribution in [2.24, 2.45) is 0 Å². The second-order valence-electron chi connectivity index (χ2n) is 4.10. The molecule has 1 fully saturated rings. The number of amides is 1. The van der Waals surface area contributed by atoms with Gasteiger partial charge in [-0.15, -0.1) is 0 Å².